The molecule has 4 aromatic rings. The van der Waals surface area contributed by atoms with Gasteiger partial charge in [0.15, 0.2) is 5.65 Å². The molecule has 0 radical (unpaired) electrons. The van der Waals surface area contributed by atoms with Crippen molar-refractivity contribution in [1.82, 2.24) is 19.6 Å². The maximum absolute atomic E-state index is 13.1. The van der Waals surface area contributed by atoms with E-state index in [-0.39, 0.29) is 5.56 Å². The summed E-state index contributed by atoms with van der Waals surface area (Å²) in [6.45, 7) is 3.79. The van der Waals surface area contributed by atoms with E-state index in [1.165, 1.54) is 4.52 Å². The van der Waals surface area contributed by atoms with Crippen molar-refractivity contribution in [2.75, 3.05) is 0 Å². The Morgan fingerprint density at radius 3 is 2.48 bits per heavy atom. The van der Waals surface area contributed by atoms with Crippen LogP contribution in [0.4, 0.5) is 0 Å². The zero-order valence-electron chi connectivity index (χ0n) is 15.0. The van der Waals surface area contributed by atoms with Crippen molar-refractivity contribution in [3.8, 4) is 17.2 Å². The summed E-state index contributed by atoms with van der Waals surface area (Å²) in [5.41, 5.74) is 6.17. The van der Waals surface area contributed by atoms with Crippen LogP contribution < -0.4 is 5.56 Å². The zero-order valence-corrected chi connectivity index (χ0v) is 15.0. The van der Waals surface area contributed by atoms with Gasteiger partial charge in [-0.2, -0.15) is 5.26 Å². The average molecular weight is 355 g/mol. The second-order valence-corrected chi connectivity index (χ2v) is 6.47. The molecular formula is C21H17N5O. The minimum absolute atomic E-state index is 0.106. The lowest BCUT2D eigenvalue weighted by Gasteiger charge is -2.07. The van der Waals surface area contributed by atoms with Gasteiger partial charge in [0, 0.05) is 41.3 Å². The monoisotopic (exact) mass is 355 g/mol. The standard InChI is InChI=1S/C21H17N5O/c1-13-18(11-15-3-5-16(12-22)6-4-15)21(27)26-20(24-13)19(14(2)25-26)17-7-9-23-10-8-17/h3-10,25H,11H2,1-2H3. The van der Waals surface area contributed by atoms with Gasteiger partial charge >= 0.3 is 0 Å². The smallest absolute Gasteiger partial charge is 0.276 e. The molecule has 0 aliphatic rings. The van der Waals surface area contributed by atoms with Crippen LogP contribution in [0.5, 0.6) is 0 Å². The molecule has 6 nitrogen and oxygen atoms in total. The predicted molar refractivity (Wildman–Crippen MR) is 102 cm³/mol. The molecule has 0 aliphatic heterocycles. The molecule has 1 N–H and O–H groups in total. The minimum Gasteiger partial charge on any atom is -0.293 e. The van der Waals surface area contributed by atoms with Crippen LogP contribution in [0.25, 0.3) is 16.8 Å². The number of aromatic amines is 1. The van der Waals surface area contributed by atoms with Crippen LogP contribution in [0.3, 0.4) is 0 Å². The number of aryl methyl sites for hydroxylation is 2. The number of fused-ring (bicyclic) bond motifs is 1. The van der Waals surface area contributed by atoms with Crippen molar-refractivity contribution in [3.05, 3.63) is 87.2 Å². The summed E-state index contributed by atoms with van der Waals surface area (Å²) in [5.74, 6) is 0. The van der Waals surface area contributed by atoms with Crippen molar-refractivity contribution in [2.45, 2.75) is 20.3 Å². The third kappa shape index (κ3) is 2.89. The molecule has 0 fully saturated rings. The van der Waals surface area contributed by atoms with E-state index in [1.54, 1.807) is 24.5 Å². The van der Waals surface area contributed by atoms with Crippen LogP contribution >= 0.6 is 0 Å². The first-order chi connectivity index (χ1) is 13.1. The second kappa shape index (κ2) is 6.54. The Labute approximate surface area is 155 Å². The Bertz CT molecular complexity index is 1230. The molecule has 0 amide bonds. The molecule has 0 saturated carbocycles. The van der Waals surface area contributed by atoms with Gasteiger partial charge in [-0.05, 0) is 49.2 Å². The largest absolute Gasteiger partial charge is 0.293 e. The molecular weight excluding hydrogens is 338 g/mol. The normalized spacial score (nSPS) is 10.9. The van der Waals surface area contributed by atoms with E-state index >= 15 is 0 Å². The summed E-state index contributed by atoms with van der Waals surface area (Å²) in [7, 11) is 0. The number of pyridine rings is 1. The molecule has 0 aliphatic carbocycles. The molecule has 0 spiro atoms. The van der Waals surface area contributed by atoms with Crippen LogP contribution in [-0.4, -0.2) is 19.6 Å². The highest BCUT2D eigenvalue weighted by molar-refractivity contribution is 5.79. The fraction of sp³-hybridized carbons (Fsp3) is 0.143. The third-order valence-electron chi connectivity index (χ3n) is 4.69. The van der Waals surface area contributed by atoms with E-state index in [0.29, 0.717) is 28.9 Å². The topological polar surface area (TPSA) is 86.8 Å². The highest BCUT2D eigenvalue weighted by Crippen LogP contribution is 2.26. The third-order valence-corrected chi connectivity index (χ3v) is 4.69. The SMILES string of the molecule is Cc1nc2c(-c3ccncc3)c(C)[nH]n2c(=O)c1Cc1ccc(C#N)cc1. The zero-order chi connectivity index (χ0) is 19.0. The van der Waals surface area contributed by atoms with E-state index in [0.717, 1.165) is 22.4 Å². The van der Waals surface area contributed by atoms with Crippen molar-refractivity contribution in [3.63, 3.8) is 0 Å². The molecule has 0 atom stereocenters. The number of nitrogens with one attached hydrogen (secondary N) is 1. The van der Waals surface area contributed by atoms with Gasteiger partial charge in [0.1, 0.15) is 0 Å². The van der Waals surface area contributed by atoms with Crippen molar-refractivity contribution < 1.29 is 0 Å². The number of hydrogen-bond donors (Lipinski definition) is 1. The minimum atomic E-state index is -0.106. The van der Waals surface area contributed by atoms with Crippen molar-refractivity contribution >= 4 is 5.65 Å². The van der Waals surface area contributed by atoms with Crippen LogP contribution in [0.15, 0.2) is 53.6 Å². The lowest BCUT2D eigenvalue weighted by atomic mass is 10.0. The van der Waals surface area contributed by atoms with Gasteiger partial charge in [-0.25, -0.2) is 9.50 Å². The number of hydrogen-bond acceptors (Lipinski definition) is 4. The quantitative estimate of drug-likeness (QED) is 0.611. The number of benzene rings is 1. The summed E-state index contributed by atoms with van der Waals surface area (Å²) in [6, 6.07) is 13.2. The Morgan fingerprint density at radius 2 is 1.81 bits per heavy atom. The van der Waals surface area contributed by atoms with Crippen LogP contribution in [-0.2, 0) is 6.42 Å². The molecule has 3 aromatic heterocycles. The number of H-pyrrole nitrogens is 1. The molecule has 6 heteroatoms. The Morgan fingerprint density at radius 1 is 1.11 bits per heavy atom. The number of rotatable bonds is 3. The molecule has 0 bridgehead atoms. The molecule has 27 heavy (non-hydrogen) atoms. The van der Waals surface area contributed by atoms with Gasteiger partial charge in [0.05, 0.1) is 11.6 Å². The molecule has 132 valence electrons. The first kappa shape index (κ1) is 16.7. The summed E-state index contributed by atoms with van der Waals surface area (Å²) >= 11 is 0. The summed E-state index contributed by atoms with van der Waals surface area (Å²) < 4.78 is 1.51. The van der Waals surface area contributed by atoms with Gasteiger partial charge in [0.2, 0.25) is 0 Å². The van der Waals surface area contributed by atoms with Crippen LogP contribution in [0.2, 0.25) is 0 Å². The summed E-state index contributed by atoms with van der Waals surface area (Å²) in [6.07, 6.45) is 3.92. The summed E-state index contributed by atoms with van der Waals surface area (Å²) in [5, 5.41) is 12.1. The maximum atomic E-state index is 13.1. The Balaban J connectivity index is 1.85. The van der Waals surface area contributed by atoms with Gasteiger partial charge < -0.3 is 0 Å². The van der Waals surface area contributed by atoms with Crippen molar-refractivity contribution in [2.24, 2.45) is 0 Å². The van der Waals surface area contributed by atoms with Gasteiger partial charge in [-0.15, -0.1) is 0 Å². The fourth-order valence-electron chi connectivity index (χ4n) is 3.29. The Kier molecular flexibility index (Phi) is 4.05. The number of nitrogens with zero attached hydrogens (tertiary/aromatic N) is 4. The van der Waals surface area contributed by atoms with Crippen molar-refractivity contribution in [1.29, 1.82) is 5.26 Å². The van der Waals surface area contributed by atoms with Gasteiger partial charge in [0.25, 0.3) is 5.56 Å². The molecule has 3 heterocycles. The highest BCUT2D eigenvalue weighted by Gasteiger charge is 2.17. The number of aromatic nitrogens is 4. The first-order valence-electron chi connectivity index (χ1n) is 8.58. The summed E-state index contributed by atoms with van der Waals surface area (Å²) in [4.78, 5) is 21.9. The van der Waals surface area contributed by atoms with Crippen LogP contribution in [0, 0.1) is 25.2 Å². The lowest BCUT2D eigenvalue weighted by Crippen LogP contribution is -2.22. The predicted octanol–water partition coefficient (Wildman–Crippen LogP) is 3.16. The maximum Gasteiger partial charge on any atom is 0.276 e. The first-order valence-corrected chi connectivity index (χ1v) is 8.58. The molecule has 0 saturated heterocycles. The molecule has 0 unspecified atom stereocenters. The second-order valence-electron chi connectivity index (χ2n) is 6.47. The fourth-order valence-corrected chi connectivity index (χ4v) is 3.29. The lowest BCUT2D eigenvalue weighted by molar-refractivity contribution is 0.847. The van der Waals surface area contributed by atoms with Gasteiger partial charge in [-0.3, -0.25) is 14.9 Å². The average Bonchev–Trinajstić information content (AvgIpc) is 3.02. The van der Waals surface area contributed by atoms with E-state index in [4.69, 9.17) is 10.2 Å². The Hall–Kier alpha value is -3.72. The van der Waals surface area contributed by atoms with Crippen LogP contribution in [0.1, 0.15) is 28.1 Å². The highest BCUT2D eigenvalue weighted by atomic mass is 16.1. The van der Waals surface area contributed by atoms with Gasteiger partial charge in [-0.1, -0.05) is 12.1 Å². The van der Waals surface area contributed by atoms with E-state index in [1.807, 2.05) is 38.1 Å². The van der Waals surface area contributed by atoms with E-state index in [9.17, 15) is 4.79 Å². The number of nitriles is 1. The molecule has 1 aromatic carbocycles. The van der Waals surface area contributed by atoms with E-state index < -0.39 is 0 Å². The van der Waals surface area contributed by atoms with E-state index in [2.05, 4.69) is 16.2 Å². The molecule has 4 rings (SSSR count).